The van der Waals surface area contributed by atoms with Gasteiger partial charge in [0, 0.05) is 13.1 Å². The summed E-state index contributed by atoms with van der Waals surface area (Å²) < 4.78 is 4.33. The lowest BCUT2D eigenvalue weighted by Crippen LogP contribution is -2.30. The molecule has 1 aliphatic rings. The number of carbonyl (C=O) groups excluding carboxylic acids is 1. The van der Waals surface area contributed by atoms with E-state index < -0.39 is 6.03 Å². The smallest absolute Gasteiger partial charge is 0.309 e. The van der Waals surface area contributed by atoms with Gasteiger partial charge in [-0.2, -0.15) is 0 Å². The van der Waals surface area contributed by atoms with Crippen molar-refractivity contribution in [3.63, 3.8) is 0 Å². The molecule has 0 aromatic carbocycles. The van der Waals surface area contributed by atoms with Crippen molar-refractivity contribution in [2.45, 2.75) is 19.3 Å². The zero-order valence-corrected chi connectivity index (χ0v) is 11.6. The van der Waals surface area contributed by atoms with Gasteiger partial charge < -0.3 is 16.0 Å². The van der Waals surface area contributed by atoms with Crippen molar-refractivity contribution in [3.8, 4) is 0 Å². The topological polar surface area (TPSA) is 119 Å². The predicted octanol–water partition coefficient (Wildman–Crippen LogP) is 0.806. The van der Waals surface area contributed by atoms with Crippen LogP contribution in [0.25, 0.3) is 0 Å². The number of aromatic nitrogens is 1. The largest absolute Gasteiger partial charge is 0.365 e. The van der Waals surface area contributed by atoms with Crippen LogP contribution >= 0.6 is 24.8 Å². The summed E-state index contributed by atoms with van der Waals surface area (Å²) in [5, 5.41) is 3.35. The predicted molar refractivity (Wildman–Crippen MR) is 74.6 cm³/mol. The van der Waals surface area contributed by atoms with Crippen LogP contribution in [0.3, 0.4) is 0 Å². The van der Waals surface area contributed by atoms with Gasteiger partial charge in [-0.3, -0.25) is 10.9 Å². The molecule has 18 heavy (non-hydrogen) atoms. The minimum Gasteiger partial charge on any atom is -0.365 e. The number of hydrogen-bond donors (Lipinski definition) is 4. The highest BCUT2D eigenvalue weighted by molar-refractivity contribution is 5.85. The summed E-state index contributed by atoms with van der Waals surface area (Å²) in [6.07, 6.45) is 7.12. The number of primary amides is 2. The third-order valence-corrected chi connectivity index (χ3v) is 1.58. The van der Waals surface area contributed by atoms with Crippen LogP contribution in [0, 0.1) is 0 Å². The van der Waals surface area contributed by atoms with Crippen LogP contribution < -0.4 is 22.3 Å². The molecule has 2 amide bonds. The lowest BCUT2D eigenvalue weighted by molar-refractivity contribution is 0.256. The van der Waals surface area contributed by atoms with Crippen LogP contribution in [0.4, 0.5) is 4.79 Å². The Morgan fingerprint density at radius 3 is 1.89 bits per heavy atom. The molecule has 6 N–H and O–H groups in total. The first-order valence-electron chi connectivity index (χ1n) is 5.08. The van der Waals surface area contributed by atoms with Gasteiger partial charge in [-0.25, -0.2) is 4.79 Å². The number of nitrogens with zero attached hydrogens (tertiary/aromatic N) is 1. The first-order chi connectivity index (χ1) is 7.73. The number of nitrogens with two attached hydrogens (primary N) is 2. The summed E-state index contributed by atoms with van der Waals surface area (Å²) in [5.74, 6) is 0. The second-order valence-corrected chi connectivity index (χ2v) is 3.01. The SMILES string of the molecule is C1CCNNCC1.Cl.Cl.NC(N)=O.c1cnoc1. The summed E-state index contributed by atoms with van der Waals surface area (Å²) in [5.41, 5.74) is 14.7. The van der Waals surface area contributed by atoms with Gasteiger partial charge in [0.25, 0.3) is 0 Å². The van der Waals surface area contributed by atoms with E-state index in [9.17, 15) is 0 Å². The summed E-state index contributed by atoms with van der Waals surface area (Å²) in [7, 11) is 0. The Balaban J connectivity index is -0.000000185. The lowest BCUT2D eigenvalue weighted by atomic mass is 10.2. The number of hydrogen-bond acceptors (Lipinski definition) is 5. The normalized spacial score (nSPS) is 12.9. The van der Waals surface area contributed by atoms with Crippen LogP contribution in [0.15, 0.2) is 23.0 Å². The fourth-order valence-corrected chi connectivity index (χ4v) is 0.956. The Hall–Kier alpha value is -1.02. The average Bonchev–Trinajstić information content (AvgIpc) is 2.66. The van der Waals surface area contributed by atoms with Crippen molar-refractivity contribution >= 4 is 30.8 Å². The van der Waals surface area contributed by atoms with Crippen LogP contribution in [0.1, 0.15) is 19.3 Å². The molecule has 1 aliphatic heterocycles. The highest BCUT2D eigenvalue weighted by Crippen LogP contribution is 1.93. The molecule has 2 heterocycles. The number of halogens is 2. The average molecular weight is 302 g/mol. The van der Waals surface area contributed by atoms with Gasteiger partial charge in [0.15, 0.2) is 0 Å². The Bertz CT molecular complexity index is 208. The Labute approximate surface area is 119 Å². The van der Waals surface area contributed by atoms with E-state index in [0.29, 0.717) is 0 Å². The second-order valence-electron chi connectivity index (χ2n) is 3.01. The van der Waals surface area contributed by atoms with Crippen molar-refractivity contribution in [3.05, 3.63) is 18.5 Å². The van der Waals surface area contributed by atoms with Crippen LogP contribution in [0.5, 0.6) is 0 Å². The van der Waals surface area contributed by atoms with E-state index >= 15 is 0 Å². The fourth-order valence-electron chi connectivity index (χ4n) is 0.956. The highest BCUT2D eigenvalue weighted by atomic mass is 35.5. The first-order valence-corrected chi connectivity index (χ1v) is 5.08. The minimum atomic E-state index is -0.833. The van der Waals surface area contributed by atoms with Crippen molar-refractivity contribution in [2.75, 3.05) is 13.1 Å². The van der Waals surface area contributed by atoms with Crippen molar-refractivity contribution in [1.29, 1.82) is 0 Å². The third kappa shape index (κ3) is 24.3. The summed E-state index contributed by atoms with van der Waals surface area (Å²) >= 11 is 0. The molecule has 0 radical (unpaired) electrons. The zero-order valence-electron chi connectivity index (χ0n) is 10.0. The lowest BCUT2D eigenvalue weighted by Gasteiger charge is -1.95. The molecule has 1 aromatic rings. The maximum Gasteiger partial charge on any atom is 0.309 e. The monoisotopic (exact) mass is 301 g/mol. The van der Waals surface area contributed by atoms with E-state index in [0.717, 1.165) is 13.1 Å². The van der Waals surface area contributed by atoms with E-state index in [4.69, 9.17) is 4.79 Å². The quantitative estimate of drug-likeness (QED) is 0.565. The zero-order chi connectivity index (χ0) is 12.1. The second kappa shape index (κ2) is 18.3. The van der Waals surface area contributed by atoms with Crippen molar-refractivity contribution in [2.24, 2.45) is 11.5 Å². The molecule has 0 atom stereocenters. The molecule has 0 spiro atoms. The van der Waals surface area contributed by atoms with Gasteiger partial charge >= 0.3 is 6.03 Å². The molecule has 0 aliphatic carbocycles. The standard InChI is InChI=1S/C5H12N2.C3H3NO.CH4N2O.2ClH/c1-2-4-6-7-5-3-1;1-2-4-5-3-1;2-1(3)4;;/h6-7H,1-5H2;1-3H;(H4,2,3,4);2*1H. The summed E-state index contributed by atoms with van der Waals surface area (Å²) in [4.78, 5) is 9.00. The molecule has 7 nitrogen and oxygen atoms in total. The molecular formula is C9H21Cl2N5O2. The van der Waals surface area contributed by atoms with Gasteiger partial charge in [0.2, 0.25) is 0 Å². The first kappa shape index (κ1) is 22.2. The number of hydrazine groups is 1. The Kier molecular flexibility index (Phi) is 22.6. The van der Waals surface area contributed by atoms with Gasteiger partial charge in [-0.1, -0.05) is 11.6 Å². The van der Waals surface area contributed by atoms with Gasteiger partial charge in [-0.05, 0) is 18.9 Å². The third-order valence-electron chi connectivity index (χ3n) is 1.58. The highest BCUT2D eigenvalue weighted by Gasteiger charge is 1.92. The van der Waals surface area contributed by atoms with Gasteiger partial charge in [-0.15, -0.1) is 24.8 Å². The van der Waals surface area contributed by atoms with E-state index in [1.165, 1.54) is 25.5 Å². The van der Waals surface area contributed by atoms with Crippen LogP contribution in [0.2, 0.25) is 0 Å². The van der Waals surface area contributed by atoms with E-state index in [1.807, 2.05) is 0 Å². The number of nitrogens with one attached hydrogen (secondary N) is 2. The summed E-state index contributed by atoms with van der Waals surface area (Å²) in [6, 6.07) is 0.889. The molecule has 1 fully saturated rings. The van der Waals surface area contributed by atoms with E-state index in [-0.39, 0.29) is 24.8 Å². The number of urea groups is 1. The Morgan fingerprint density at radius 1 is 1.11 bits per heavy atom. The van der Waals surface area contributed by atoms with Crippen LogP contribution in [-0.2, 0) is 0 Å². The van der Waals surface area contributed by atoms with Gasteiger partial charge in [0.1, 0.15) is 6.26 Å². The minimum absolute atomic E-state index is 0. The maximum atomic E-state index is 9.00. The van der Waals surface area contributed by atoms with Crippen molar-refractivity contribution in [1.82, 2.24) is 16.0 Å². The van der Waals surface area contributed by atoms with Crippen molar-refractivity contribution < 1.29 is 9.32 Å². The number of amides is 2. The molecular weight excluding hydrogens is 281 g/mol. The fraction of sp³-hybridized carbons (Fsp3) is 0.556. The summed E-state index contributed by atoms with van der Waals surface area (Å²) in [6.45, 7) is 2.28. The molecule has 0 saturated carbocycles. The molecule has 108 valence electrons. The van der Waals surface area contributed by atoms with Gasteiger partial charge in [0.05, 0.1) is 6.20 Å². The molecule has 1 saturated heterocycles. The molecule has 0 bridgehead atoms. The van der Waals surface area contributed by atoms with E-state index in [1.54, 1.807) is 12.3 Å². The number of rotatable bonds is 0. The molecule has 0 unspecified atom stereocenters. The maximum absolute atomic E-state index is 9.00. The molecule has 2 rings (SSSR count). The van der Waals surface area contributed by atoms with Crippen LogP contribution in [-0.4, -0.2) is 24.3 Å². The molecule has 9 heteroatoms. The number of carbonyl (C=O) groups is 1. The molecule has 1 aromatic heterocycles. The van der Waals surface area contributed by atoms with E-state index in [2.05, 4.69) is 32.0 Å². The Morgan fingerprint density at radius 2 is 1.61 bits per heavy atom.